The van der Waals surface area contributed by atoms with Crippen LogP contribution in [0.2, 0.25) is 0 Å². The van der Waals surface area contributed by atoms with E-state index in [1.807, 2.05) is 0 Å². The number of phenols is 1. The van der Waals surface area contributed by atoms with Gasteiger partial charge < -0.3 is 34.1 Å². The van der Waals surface area contributed by atoms with Gasteiger partial charge in [-0.05, 0) is 48.0 Å². The van der Waals surface area contributed by atoms with Crippen molar-refractivity contribution in [2.45, 2.75) is 0 Å². The first-order valence-electron chi connectivity index (χ1n) is 11.1. The van der Waals surface area contributed by atoms with Crippen LogP contribution in [0.1, 0.15) is 21.5 Å². The summed E-state index contributed by atoms with van der Waals surface area (Å²) in [5.41, 5.74) is 1.80. The van der Waals surface area contributed by atoms with Crippen molar-refractivity contribution in [1.82, 2.24) is 0 Å². The Balaban J connectivity index is 1.90. The molecule has 0 atom stereocenters. The number of benzene rings is 3. The topological polar surface area (TPSA) is 95.5 Å². The van der Waals surface area contributed by atoms with Crippen molar-refractivity contribution >= 4 is 23.6 Å². The number of halogens is 1. The molecule has 0 radical (unpaired) electrons. The summed E-state index contributed by atoms with van der Waals surface area (Å²) < 4.78 is 40.2. The highest BCUT2D eigenvalue weighted by atomic mass is 19.1. The summed E-state index contributed by atoms with van der Waals surface area (Å²) in [7, 11) is 7.36. The summed E-state index contributed by atoms with van der Waals surface area (Å²) in [5.74, 6) is 0.515. The second-order valence-electron chi connectivity index (χ2n) is 7.56. The number of rotatable bonds is 11. The van der Waals surface area contributed by atoms with Crippen molar-refractivity contribution < 1.29 is 38.0 Å². The maximum atomic E-state index is 14.0. The minimum Gasteiger partial charge on any atom is -0.503 e. The number of allylic oxidation sites excluding steroid dienone is 1. The average molecular weight is 510 g/mol. The SMILES string of the molecule is COc1ccc(C(=O)/C=C\Nc2c(/C=C\c3cc(OC)c(OC)c(OC)c3)ccc(OC)c2O)cc1F. The second-order valence-corrected chi connectivity index (χ2v) is 7.56. The van der Waals surface area contributed by atoms with E-state index in [1.54, 1.807) is 36.4 Å². The zero-order chi connectivity index (χ0) is 26.9. The first-order chi connectivity index (χ1) is 17.9. The minimum absolute atomic E-state index is 0.0449. The highest BCUT2D eigenvalue weighted by Crippen LogP contribution is 2.40. The lowest BCUT2D eigenvalue weighted by Crippen LogP contribution is -1.99. The van der Waals surface area contributed by atoms with Crippen LogP contribution in [0.25, 0.3) is 12.2 Å². The number of hydrogen-bond acceptors (Lipinski definition) is 8. The lowest BCUT2D eigenvalue weighted by atomic mass is 10.1. The lowest BCUT2D eigenvalue weighted by molar-refractivity contribution is 0.104. The van der Waals surface area contributed by atoms with Crippen LogP contribution in [0, 0.1) is 5.82 Å². The number of carbonyl (C=O) groups excluding carboxylic acids is 1. The number of carbonyl (C=O) groups is 1. The molecule has 0 fully saturated rings. The standard InChI is InChI=1S/C28H28FNO7/c1-33-22-10-9-19(16-20(22)29)21(31)12-13-30-26-18(8-11-23(34-2)27(26)32)7-6-17-14-24(35-3)28(37-5)25(15-17)36-4/h6-16,30,32H,1-5H3/b7-6-,13-12-. The fourth-order valence-corrected chi connectivity index (χ4v) is 3.54. The van der Waals surface area contributed by atoms with Gasteiger partial charge in [-0.15, -0.1) is 0 Å². The van der Waals surface area contributed by atoms with Gasteiger partial charge in [0.25, 0.3) is 0 Å². The quantitative estimate of drug-likeness (QED) is 0.150. The summed E-state index contributed by atoms with van der Waals surface area (Å²) in [4.78, 5) is 12.5. The van der Waals surface area contributed by atoms with Crippen molar-refractivity contribution in [2.24, 2.45) is 0 Å². The molecule has 0 bridgehead atoms. The van der Waals surface area contributed by atoms with Crippen molar-refractivity contribution in [3.8, 4) is 34.5 Å². The van der Waals surface area contributed by atoms with E-state index < -0.39 is 11.6 Å². The largest absolute Gasteiger partial charge is 0.503 e. The summed E-state index contributed by atoms with van der Waals surface area (Å²) >= 11 is 0. The molecule has 0 heterocycles. The van der Waals surface area contributed by atoms with Crippen molar-refractivity contribution in [3.63, 3.8) is 0 Å². The van der Waals surface area contributed by atoms with Crippen LogP contribution in [0.4, 0.5) is 10.1 Å². The number of nitrogens with one attached hydrogen (secondary N) is 1. The first-order valence-corrected chi connectivity index (χ1v) is 11.1. The van der Waals surface area contributed by atoms with Gasteiger partial charge in [0, 0.05) is 23.4 Å². The van der Waals surface area contributed by atoms with Crippen molar-refractivity contribution in [2.75, 3.05) is 40.9 Å². The van der Waals surface area contributed by atoms with Gasteiger partial charge in [-0.3, -0.25) is 4.79 Å². The Labute approximate surface area is 214 Å². The average Bonchev–Trinajstić information content (AvgIpc) is 2.92. The number of ketones is 1. The van der Waals surface area contributed by atoms with Gasteiger partial charge in [0.05, 0.1) is 41.2 Å². The third kappa shape index (κ3) is 6.13. The van der Waals surface area contributed by atoms with Crippen LogP contribution in [-0.2, 0) is 0 Å². The minimum atomic E-state index is -0.639. The smallest absolute Gasteiger partial charge is 0.203 e. The molecular formula is C28H28FNO7. The maximum absolute atomic E-state index is 14.0. The van der Waals surface area contributed by atoms with Crippen LogP contribution in [-0.4, -0.2) is 46.4 Å². The summed E-state index contributed by atoms with van der Waals surface area (Å²) in [6.07, 6.45) is 6.14. The third-order valence-corrected chi connectivity index (χ3v) is 5.43. The Kier molecular flexibility index (Phi) is 8.99. The third-order valence-electron chi connectivity index (χ3n) is 5.43. The van der Waals surface area contributed by atoms with Crippen LogP contribution in [0.3, 0.4) is 0 Å². The molecule has 3 aromatic carbocycles. The highest BCUT2D eigenvalue weighted by Gasteiger charge is 2.14. The molecule has 194 valence electrons. The molecule has 0 aliphatic heterocycles. The Bertz CT molecular complexity index is 1310. The summed E-state index contributed by atoms with van der Waals surface area (Å²) in [5, 5.41) is 13.6. The monoisotopic (exact) mass is 509 g/mol. The molecule has 0 amide bonds. The second kappa shape index (κ2) is 12.3. The summed E-state index contributed by atoms with van der Waals surface area (Å²) in [6.45, 7) is 0. The molecule has 0 aliphatic rings. The van der Waals surface area contributed by atoms with Gasteiger partial charge in [-0.2, -0.15) is 0 Å². The molecule has 0 unspecified atom stereocenters. The fraction of sp³-hybridized carbons (Fsp3) is 0.179. The van der Waals surface area contributed by atoms with Crippen LogP contribution < -0.4 is 29.0 Å². The molecule has 2 N–H and O–H groups in total. The van der Waals surface area contributed by atoms with E-state index in [1.165, 1.54) is 60.0 Å². The molecule has 0 aromatic heterocycles. The molecule has 0 aliphatic carbocycles. The predicted octanol–water partition coefficient (Wildman–Crippen LogP) is 5.55. The van der Waals surface area contributed by atoms with Crippen LogP contribution in [0.5, 0.6) is 34.5 Å². The number of phenolic OH excluding ortho intramolecular Hbond substituents is 1. The van der Waals surface area contributed by atoms with Gasteiger partial charge in [0.15, 0.2) is 40.3 Å². The molecule has 3 rings (SSSR count). The van der Waals surface area contributed by atoms with Gasteiger partial charge in [-0.1, -0.05) is 12.2 Å². The van der Waals surface area contributed by atoms with E-state index in [-0.39, 0.29) is 22.8 Å². The van der Waals surface area contributed by atoms with E-state index in [9.17, 15) is 14.3 Å². The van der Waals surface area contributed by atoms with E-state index in [2.05, 4.69) is 5.32 Å². The molecule has 0 spiro atoms. The fourth-order valence-electron chi connectivity index (χ4n) is 3.54. The van der Waals surface area contributed by atoms with Crippen LogP contribution >= 0.6 is 0 Å². The Morgan fingerprint density at radius 2 is 1.43 bits per heavy atom. The van der Waals surface area contributed by atoms with E-state index >= 15 is 0 Å². The Hall–Kier alpha value is -4.66. The number of methoxy groups -OCH3 is 5. The molecule has 0 saturated heterocycles. The number of ether oxygens (including phenoxy) is 5. The molecule has 37 heavy (non-hydrogen) atoms. The van der Waals surface area contributed by atoms with Gasteiger partial charge in [-0.25, -0.2) is 4.39 Å². The Morgan fingerprint density at radius 1 is 0.811 bits per heavy atom. The molecule has 3 aromatic rings. The zero-order valence-electron chi connectivity index (χ0n) is 21.1. The predicted molar refractivity (Wildman–Crippen MR) is 140 cm³/mol. The van der Waals surface area contributed by atoms with E-state index in [0.717, 1.165) is 11.6 Å². The highest BCUT2D eigenvalue weighted by molar-refractivity contribution is 6.04. The molecule has 9 heteroatoms. The summed E-state index contributed by atoms with van der Waals surface area (Å²) in [6, 6.07) is 10.9. The molecular weight excluding hydrogens is 481 g/mol. The van der Waals surface area contributed by atoms with Crippen molar-refractivity contribution in [1.29, 1.82) is 0 Å². The van der Waals surface area contributed by atoms with Crippen molar-refractivity contribution in [3.05, 3.63) is 77.2 Å². The van der Waals surface area contributed by atoms with Gasteiger partial charge in [0.1, 0.15) is 0 Å². The van der Waals surface area contributed by atoms with E-state index in [0.29, 0.717) is 28.5 Å². The maximum Gasteiger partial charge on any atom is 0.203 e. The van der Waals surface area contributed by atoms with Gasteiger partial charge in [0.2, 0.25) is 5.75 Å². The lowest BCUT2D eigenvalue weighted by Gasteiger charge is -2.13. The Morgan fingerprint density at radius 3 is 2.00 bits per heavy atom. The van der Waals surface area contributed by atoms with Crippen LogP contribution in [0.15, 0.2) is 54.7 Å². The van der Waals surface area contributed by atoms with E-state index in [4.69, 9.17) is 23.7 Å². The number of anilines is 1. The molecule has 8 nitrogen and oxygen atoms in total. The first kappa shape index (κ1) is 26.9. The van der Waals surface area contributed by atoms with Gasteiger partial charge >= 0.3 is 0 Å². The normalized spacial score (nSPS) is 11.0. The zero-order valence-corrected chi connectivity index (χ0v) is 21.1. The number of aromatic hydroxyl groups is 1. The number of hydrogen-bond donors (Lipinski definition) is 2. The molecule has 0 saturated carbocycles.